The molecule has 0 amide bonds. The smallest absolute Gasteiger partial charge is 0.129 e. The van der Waals surface area contributed by atoms with E-state index in [4.69, 9.17) is 16.3 Å². The first-order chi connectivity index (χ1) is 9.06. The summed E-state index contributed by atoms with van der Waals surface area (Å²) in [5.74, 6) is 0.230. The summed E-state index contributed by atoms with van der Waals surface area (Å²) in [5, 5.41) is 9.95. The van der Waals surface area contributed by atoms with E-state index in [-0.39, 0.29) is 12.4 Å². The van der Waals surface area contributed by atoms with Crippen LogP contribution in [0.4, 0.5) is 4.39 Å². The minimum atomic E-state index is -0.563. The van der Waals surface area contributed by atoms with Crippen molar-refractivity contribution in [1.29, 1.82) is 0 Å². The SMILES string of the molecule is CC(O)c1cccc(OCc2cc(Cl)ccc2F)c1. The van der Waals surface area contributed by atoms with Crippen molar-refractivity contribution in [3.63, 3.8) is 0 Å². The third kappa shape index (κ3) is 3.69. The van der Waals surface area contributed by atoms with Crippen molar-refractivity contribution in [3.8, 4) is 5.75 Å². The van der Waals surface area contributed by atoms with Gasteiger partial charge in [-0.15, -0.1) is 0 Å². The van der Waals surface area contributed by atoms with Gasteiger partial charge in [0.15, 0.2) is 0 Å². The van der Waals surface area contributed by atoms with Crippen LogP contribution in [-0.2, 0) is 6.61 Å². The maximum absolute atomic E-state index is 13.5. The van der Waals surface area contributed by atoms with Crippen molar-refractivity contribution >= 4 is 11.6 Å². The number of aliphatic hydroxyl groups is 1. The van der Waals surface area contributed by atoms with Crippen LogP contribution in [0.25, 0.3) is 0 Å². The van der Waals surface area contributed by atoms with E-state index in [0.29, 0.717) is 16.3 Å². The fourth-order valence-electron chi connectivity index (χ4n) is 1.68. The lowest BCUT2D eigenvalue weighted by atomic mass is 10.1. The van der Waals surface area contributed by atoms with Gasteiger partial charge >= 0.3 is 0 Å². The number of aliphatic hydroxyl groups excluding tert-OH is 1. The maximum Gasteiger partial charge on any atom is 0.129 e. The summed E-state index contributed by atoms with van der Waals surface area (Å²) < 4.78 is 19.0. The number of hydrogen-bond acceptors (Lipinski definition) is 2. The fraction of sp³-hybridized carbons (Fsp3) is 0.200. The molecule has 2 aromatic carbocycles. The van der Waals surface area contributed by atoms with E-state index < -0.39 is 6.10 Å². The van der Waals surface area contributed by atoms with Crippen molar-refractivity contribution in [2.75, 3.05) is 0 Å². The lowest BCUT2D eigenvalue weighted by molar-refractivity contribution is 0.198. The molecule has 0 bridgehead atoms. The second-order valence-corrected chi connectivity index (χ2v) is 4.71. The first-order valence-electron chi connectivity index (χ1n) is 5.91. The van der Waals surface area contributed by atoms with Crippen LogP contribution >= 0.6 is 11.6 Å². The summed E-state index contributed by atoms with van der Waals surface area (Å²) in [7, 11) is 0. The van der Waals surface area contributed by atoms with Crippen LogP contribution in [0.2, 0.25) is 5.02 Å². The summed E-state index contributed by atoms with van der Waals surface area (Å²) in [4.78, 5) is 0. The topological polar surface area (TPSA) is 29.5 Å². The van der Waals surface area contributed by atoms with Gasteiger partial charge < -0.3 is 9.84 Å². The van der Waals surface area contributed by atoms with Crippen molar-refractivity contribution in [2.45, 2.75) is 19.6 Å². The highest BCUT2D eigenvalue weighted by Crippen LogP contribution is 2.21. The number of ether oxygens (including phenoxy) is 1. The van der Waals surface area contributed by atoms with Crippen LogP contribution in [0.5, 0.6) is 5.75 Å². The van der Waals surface area contributed by atoms with E-state index in [9.17, 15) is 9.50 Å². The monoisotopic (exact) mass is 280 g/mol. The first kappa shape index (κ1) is 13.8. The average molecular weight is 281 g/mol. The molecule has 0 spiro atoms. The Morgan fingerprint density at radius 2 is 2.05 bits per heavy atom. The molecule has 100 valence electrons. The normalized spacial score (nSPS) is 12.2. The highest BCUT2D eigenvalue weighted by Gasteiger charge is 2.06. The van der Waals surface area contributed by atoms with E-state index in [0.717, 1.165) is 5.56 Å². The molecule has 4 heteroatoms. The van der Waals surface area contributed by atoms with E-state index >= 15 is 0 Å². The average Bonchev–Trinajstić information content (AvgIpc) is 2.40. The van der Waals surface area contributed by atoms with Crippen molar-refractivity contribution in [3.05, 3.63) is 64.4 Å². The molecule has 2 rings (SSSR count). The first-order valence-corrected chi connectivity index (χ1v) is 6.29. The Balaban J connectivity index is 2.10. The molecule has 0 saturated carbocycles. The minimum Gasteiger partial charge on any atom is -0.489 e. The van der Waals surface area contributed by atoms with Crippen LogP contribution in [0.1, 0.15) is 24.2 Å². The molecular formula is C15H14ClFO2. The molecule has 19 heavy (non-hydrogen) atoms. The van der Waals surface area contributed by atoms with E-state index in [2.05, 4.69) is 0 Å². The van der Waals surface area contributed by atoms with Gasteiger partial charge in [-0.3, -0.25) is 0 Å². The molecule has 0 radical (unpaired) electrons. The lowest BCUT2D eigenvalue weighted by Crippen LogP contribution is -1.99. The Morgan fingerprint density at radius 3 is 2.79 bits per heavy atom. The highest BCUT2D eigenvalue weighted by molar-refractivity contribution is 6.30. The zero-order valence-electron chi connectivity index (χ0n) is 10.4. The summed E-state index contributed by atoms with van der Waals surface area (Å²) in [6.07, 6.45) is -0.563. The fourth-order valence-corrected chi connectivity index (χ4v) is 1.87. The molecule has 0 aliphatic carbocycles. The van der Waals surface area contributed by atoms with Crippen LogP contribution in [0, 0.1) is 5.82 Å². The Kier molecular flexibility index (Phi) is 4.40. The van der Waals surface area contributed by atoms with Gasteiger partial charge in [0.05, 0.1) is 6.10 Å². The van der Waals surface area contributed by atoms with Gasteiger partial charge in [-0.25, -0.2) is 4.39 Å². The van der Waals surface area contributed by atoms with Crippen LogP contribution in [0.3, 0.4) is 0 Å². The van der Waals surface area contributed by atoms with Gasteiger partial charge in [-0.1, -0.05) is 23.7 Å². The molecule has 0 fully saturated rings. The molecule has 2 nitrogen and oxygen atoms in total. The molecule has 1 N–H and O–H groups in total. The van der Waals surface area contributed by atoms with Gasteiger partial charge in [0.25, 0.3) is 0 Å². The zero-order valence-corrected chi connectivity index (χ0v) is 11.2. The van der Waals surface area contributed by atoms with Crippen molar-refractivity contribution in [2.24, 2.45) is 0 Å². The molecule has 0 saturated heterocycles. The number of halogens is 2. The molecule has 0 aliphatic rings. The minimum absolute atomic E-state index is 0.0929. The molecule has 2 aromatic rings. The predicted molar refractivity (Wildman–Crippen MR) is 72.8 cm³/mol. The summed E-state index contributed by atoms with van der Waals surface area (Å²) >= 11 is 5.81. The Morgan fingerprint density at radius 1 is 1.26 bits per heavy atom. The number of hydrogen-bond donors (Lipinski definition) is 1. The van der Waals surface area contributed by atoms with Gasteiger partial charge in [-0.05, 0) is 42.8 Å². The lowest BCUT2D eigenvalue weighted by Gasteiger charge is -2.10. The zero-order chi connectivity index (χ0) is 13.8. The van der Waals surface area contributed by atoms with Crippen LogP contribution in [0.15, 0.2) is 42.5 Å². The predicted octanol–water partition coefficient (Wildman–Crippen LogP) is 4.11. The molecule has 0 aromatic heterocycles. The Labute approximate surface area is 116 Å². The third-order valence-corrected chi connectivity index (χ3v) is 2.98. The van der Waals surface area contributed by atoms with Crippen molar-refractivity contribution in [1.82, 2.24) is 0 Å². The quantitative estimate of drug-likeness (QED) is 0.913. The Hall–Kier alpha value is -1.58. The largest absolute Gasteiger partial charge is 0.489 e. The molecule has 1 unspecified atom stereocenters. The van der Waals surface area contributed by atoms with Gasteiger partial charge in [-0.2, -0.15) is 0 Å². The van der Waals surface area contributed by atoms with Crippen LogP contribution in [-0.4, -0.2) is 5.11 Å². The van der Waals surface area contributed by atoms with Crippen LogP contribution < -0.4 is 4.74 Å². The number of benzene rings is 2. The molecule has 1 atom stereocenters. The van der Waals surface area contributed by atoms with E-state index in [1.54, 1.807) is 31.2 Å². The second kappa shape index (κ2) is 6.04. The van der Waals surface area contributed by atoms with E-state index in [1.807, 2.05) is 0 Å². The summed E-state index contributed by atoms with van der Waals surface area (Å²) in [6, 6.07) is 11.4. The number of rotatable bonds is 4. The second-order valence-electron chi connectivity index (χ2n) is 4.27. The van der Waals surface area contributed by atoms with Crippen molar-refractivity contribution < 1.29 is 14.2 Å². The Bertz CT molecular complexity index is 570. The van der Waals surface area contributed by atoms with Gasteiger partial charge in [0, 0.05) is 10.6 Å². The standard InChI is InChI=1S/C15H14ClFO2/c1-10(18)11-3-2-4-14(8-11)19-9-12-7-13(16)5-6-15(12)17/h2-8,10,18H,9H2,1H3. The van der Waals surface area contributed by atoms with E-state index in [1.165, 1.54) is 18.2 Å². The summed E-state index contributed by atoms with van der Waals surface area (Å²) in [6.45, 7) is 1.77. The van der Waals surface area contributed by atoms with Gasteiger partial charge in [0.1, 0.15) is 18.2 Å². The molecule has 0 aliphatic heterocycles. The maximum atomic E-state index is 13.5. The highest BCUT2D eigenvalue weighted by atomic mass is 35.5. The molecular weight excluding hydrogens is 267 g/mol. The molecule has 0 heterocycles. The summed E-state index contributed by atoms with van der Waals surface area (Å²) in [5.41, 5.74) is 1.15. The van der Waals surface area contributed by atoms with Gasteiger partial charge in [0.2, 0.25) is 0 Å². The third-order valence-electron chi connectivity index (χ3n) is 2.74.